The number of nitrogens with zero attached hydrogens (tertiary/aromatic N) is 1. The number of rotatable bonds is 9. The standard InChI is InChI=1S/C19H22N2O2/c22-18(15-17-11-7-8-14-20-17)12-5-2-6-13-19(23)21-16-9-3-1-4-10-16/h1,3-4,7-11,14H,2,5-6,12-13,15H2,(H,21,23). The summed E-state index contributed by atoms with van der Waals surface area (Å²) in [4.78, 5) is 27.7. The highest BCUT2D eigenvalue weighted by atomic mass is 16.1. The van der Waals surface area contributed by atoms with Gasteiger partial charge in [0.05, 0.1) is 0 Å². The van der Waals surface area contributed by atoms with Crippen molar-refractivity contribution in [1.82, 2.24) is 4.98 Å². The van der Waals surface area contributed by atoms with Gasteiger partial charge in [0, 0.05) is 36.8 Å². The van der Waals surface area contributed by atoms with Gasteiger partial charge in [-0.2, -0.15) is 0 Å². The number of unbranched alkanes of at least 4 members (excludes halogenated alkanes) is 2. The van der Waals surface area contributed by atoms with E-state index in [1.165, 1.54) is 0 Å². The molecule has 1 aromatic carbocycles. The van der Waals surface area contributed by atoms with Crippen LogP contribution in [-0.2, 0) is 16.0 Å². The molecule has 1 aromatic heterocycles. The molecule has 2 rings (SSSR count). The quantitative estimate of drug-likeness (QED) is 0.717. The van der Waals surface area contributed by atoms with Gasteiger partial charge >= 0.3 is 0 Å². The fourth-order valence-corrected chi connectivity index (χ4v) is 2.32. The number of aromatic nitrogens is 1. The van der Waals surface area contributed by atoms with Crippen LogP contribution in [0.3, 0.4) is 0 Å². The van der Waals surface area contributed by atoms with Crippen molar-refractivity contribution >= 4 is 17.4 Å². The highest BCUT2D eigenvalue weighted by Gasteiger charge is 2.05. The van der Waals surface area contributed by atoms with Crippen molar-refractivity contribution in [2.45, 2.75) is 38.5 Å². The van der Waals surface area contributed by atoms with E-state index in [0.29, 0.717) is 19.3 Å². The molecular formula is C19H22N2O2. The second-order valence-electron chi connectivity index (χ2n) is 5.51. The first-order valence-electron chi connectivity index (χ1n) is 8.00. The van der Waals surface area contributed by atoms with Crippen LogP contribution in [0.15, 0.2) is 54.7 Å². The summed E-state index contributed by atoms with van der Waals surface area (Å²) in [7, 11) is 0. The van der Waals surface area contributed by atoms with E-state index in [-0.39, 0.29) is 11.7 Å². The second-order valence-corrected chi connectivity index (χ2v) is 5.51. The number of pyridine rings is 1. The van der Waals surface area contributed by atoms with Crippen LogP contribution < -0.4 is 5.32 Å². The van der Waals surface area contributed by atoms with Gasteiger partial charge in [0.25, 0.3) is 0 Å². The number of benzene rings is 1. The molecule has 23 heavy (non-hydrogen) atoms. The van der Waals surface area contributed by atoms with Crippen molar-refractivity contribution in [1.29, 1.82) is 0 Å². The molecule has 0 radical (unpaired) electrons. The Kier molecular flexibility index (Phi) is 6.98. The SMILES string of the molecule is O=C(CCCCCC(=O)Nc1ccccc1)Cc1ccccn1. The number of nitrogens with one attached hydrogen (secondary N) is 1. The molecule has 0 fully saturated rings. The van der Waals surface area contributed by atoms with Crippen LogP contribution in [0.5, 0.6) is 0 Å². The number of para-hydroxylation sites is 1. The summed E-state index contributed by atoms with van der Waals surface area (Å²) < 4.78 is 0. The van der Waals surface area contributed by atoms with Crippen LogP contribution in [-0.4, -0.2) is 16.7 Å². The molecule has 1 heterocycles. The molecule has 0 saturated heterocycles. The van der Waals surface area contributed by atoms with Gasteiger partial charge in [0.2, 0.25) is 5.91 Å². The van der Waals surface area contributed by atoms with Gasteiger partial charge in [0.15, 0.2) is 0 Å². The fraction of sp³-hybridized carbons (Fsp3) is 0.316. The summed E-state index contributed by atoms with van der Waals surface area (Å²) in [5, 5.41) is 2.86. The number of hydrogen-bond donors (Lipinski definition) is 1. The molecule has 1 amide bonds. The number of carbonyl (C=O) groups is 2. The number of ketones is 1. The van der Waals surface area contributed by atoms with Crippen molar-refractivity contribution in [2.75, 3.05) is 5.32 Å². The number of carbonyl (C=O) groups excluding carboxylic acids is 2. The second kappa shape index (κ2) is 9.51. The summed E-state index contributed by atoms with van der Waals surface area (Å²) in [6, 6.07) is 15.0. The van der Waals surface area contributed by atoms with Crippen molar-refractivity contribution < 1.29 is 9.59 Å². The lowest BCUT2D eigenvalue weighted by atomic mass is 10.1. The molecule has 0 saturated carbocycles. The summed E-state index contributed by atoms with van der Waals surface area (Å²) in [6.45, 7) is 0. The zero-order valence-electron chi connectivity index (χ0n) is 13.2. The molecular weight excluding hydrogens is 288 g/mol. The Hall–Kier alpha value is -2.49. The third-order valence-corrected chi connectivity index (χ3v) is 3.52. The largest absolute Gasteiger partial charge is 0.326 e. The molecule has 4 nitrogen and oxygen atoms in total. The summed E-state index contributed by atoms with van der Waals surface area (Å²) >= 11 is 0. The molecule has 0 aliphatic rings. The topological polar surface area (TPSA) is 59.1 Å². The average Bonchev–Trinajstić information content (AvgIpc) is 2.56. The van der Waals surface area contributed by atoms with Crippen LogP contribution in [0.2, 0.25) is 0 Å². The zero-order chi connectivity index (χ0) is 16.3. The van der Waals surface area contributed by atoms with Crippen molar-refractivity contribution in [3.63, 3.8) is 0 Å². The van der Waals surface area contributed by atoms with Gasteiger partial charge in [0.1, 0.15) is 5.78 Å². The van der Waals surface area contributed by atoms with Gasteiger partial charge in [-0.3, -0.25) is 14.6 Å². The molecule has 0 atom stereocenters. The van der Waals surface area contributed by atoms with E-state index in [2.05, 4.69) is 10.3 Å². The van der Waals surface area contributed by atoms with Crippen LogP contribution in [0.25, 0.3) is 0 Å². The molecule has 0 unspecified atom stereocenters. The van der Waals surface area contributed by atoms with E-state index < -0.39 is 0 Å². The van der Waals surface area contributed by atoms with E-state index in [1.54, 1.807) is 6.20 Å². The van der Waals surface area contributed by atoms with E-state index in [9.17, 15) is 9.59 Å². The van der Waals surface area contributed by atoms with Crippen LogP contribution in [0.4, 0.5) is 5.69 Å². The Morgan fingerprint density at radius 2 is 1.61 bits per heavy atom. The maximum atomic E-state index is 11.8. The molecule has 0 aliphatic carbocycles. The number of Topliss-reactive ketones (excluding diaryl/α,β-unsaturated/α-hetero) is 1. The van der Waals surface area contributed by atoms with Crippen molar-refractivity contribution in [3.8, 4) is 0 Å². The van der Waals surface area contributed by atoms with Crippen molar-refractivity contribution in [2.24, 2.45) is 0 Å². The predicted molar refractivity (Wildman–Crippen MR) is 91.1 cm³/mol. The van der Waals surface area contributed by atoms with E-state index in [4.69, 9.17) is 0 Å². The normalized spacial score (nSPS) is 10.3. The molecule has 0 aliphatic heterocycles. The molecule has 0 bridgehead atoms. The third kappa shape index (κ3) is 6.87. The maximum Gasteiger partial charge on any atom is 0.224 e. The minimum atomic E-state index is 0.0241. The van der Waals surface area contributed by atoms with E-state index >= 15 is 0 Å². The monoisotopic (exact) mass is 310 g/mol. The van der Waals surface area contributed by atoms with E-state index in [0.717, 1.165) is 30.6 Å². The lowest BCUT2D eigenvalue weighted by Gasteiger charge is -2.05. The minimum Gasteiger partial charge on any atom is -0.326 e. The Balaban J connectivity index is 1.55. The van der Waals surface area contributed by atoms with E-state index in [1.807, 2.05) is 48.5 Å². The first-order valence-corrected chi connectivity index (χ1v) is 8.00. The highest BCUT2D eigenvalue weighted by molar-refractivity contribution is 5.90. The smallest absolute Gasteiger partial charge is 0.224 e. The van der Waals surface area contributed by atoms with Gasteiger partial charge in [-0.05, 0) is 37.1 Å². The molecule has 1 N–H and O–H groups in total. The Labute approximate surface area is 137 Å². The van der Waals surface area contributed by atoms with Gasteiger partial charge < -0.3 is 5.32 Å². The highest BCUT2D eigenvalue weighted by Crippen LogP contribution is 2.09. The zero-order valence-corrected chi connectivity index (χ0v) is 13.2. The first-order chi connectivity index (χ1) is 11.2. The summed E-state index contributed by atoms with van der Waals surface area (Å²) in [5.74, 6) is 0.230. The number of hydrogen-bond acceptors (Lipinski definition) is 3. The first kappa shape index (κ1) is 16.9. The Morgan fingerprint density at radius 3 is 2.35 bits per heavy atom. The molecule has 4 heteroatoms. The minimum absolute atomic E-state index is 0.0241. The lowest BCUT2D eigenvalue weighted by Crippen LogP contribution is -2.11. The summed E-state index contributed by atoms with van der Waals surface area (Å²) in [6.07, 6.45) is 5.65. The number of amides is 1. The maximum absolute atomic E-state index is 11.8. The predicted octanol–water partition coefficient (Wildman–Crippen LogP) is 3.78. The average molecular weight is 310 g/mol. The summed E-state index contributed by atoms with van der Waals surface area (Å²) in [5.41, 5.74) is 1.64. The van der Waals surface area contributed by atoms with Gasteiger partial charge in [-0.1, -0.05) is 30.7 Å². The van der Waals surface area contributed by atoms with Crippen LogP contribution >= 0.6 is 0 Å². The Morgan fingerprint density at radius 1 is 0.870 bits per heavy atom. The lowest BCUT2D eigenvalue weighted by molar-refractivity contribution is -0.118. The van der Waals surface area contributed by atoms with Crippen molar-refractivity contribution in [3.05, 3.63) is 60.4 Å². The van der Waals surface area contributed by atoms with Crippen LogP contribution in [0.1, 0.15) is 37.8 Å². The fourth-order valence-electron chi connectivity index (χ4n) is 2.32. The third-order valence-electron chi connectivity index (χ3n) is 3.52. The molecule has 120 valence electrons. The van der Waals surface area contributed by atoms with Gasteiger partial charge in [-0.15, -0.1) is 0 Å². The number of anilines is 1. The van der Waals surface area contributed by atoms with Crippen LogP contribution in [0, 0.1) is 0 Å². The Bertz CT molecular complexity index is 556. The molecule has 2 aromatic rings. The molecule has 0 spiro atoms. The van der Waals surface area contributed by atoms with Gasteiger partial charge in [-0.25, -0.2) is 0 Å².